The van der Waals surface area contributed by atoms with Gasteiger partial charge in [0, 0.05) is 0 Å². The van der Waals surface area contributed by atoms with Crippen LogP contribution in [0.25, 0.3) is 11.0 Å². The van der Waals surface area contributed by atoms with Gasteiger partial charge in [-0.25, -0.2) is 9.97 Å². The SMILES string of the molecule is Cc1nc(NC(=O)[C@@H](C)n2cnc3ccccc32)sc1SCC#N. The molecule has 3 rings (SSSR count). The van der Waals surface area contributed by atoms with E-state index in [1.165, 1.54) is 23.1 Å². The molecule has 0 fully saturated rings. The van der Waals surface area contributed by atoms with Gasteiger partial charge in [-0.2, -0.15) is 5.26 Å². The number of anilines is 1. The van der Waals surface area contributed by atoms with E-state index in [0.29, 0.717) is 10.9 Å². The summed E-state index contributed by atoms with van der Waals surface area (Å²) in [7, 11) is 0. The Balaban J connectivity index is 1.76. The first kappa shape index (κ1) is 16.5. The zero-order valence-electron chi connectivity index (χ0n) is 13.2. The van der Waals surface area contributed by atoms with Crippen molar-refractivity contribution in [3.8, 4) is 6.07 Å². The van der Waals surface area contributed by atoms with Crippen molar-refractivity contribution in [3.05, 3.63) is 36.3 Å². The number of para-hydroxylation sites is 2. The first-order valence-electron chi connectivity index (χ1n) is 7.29. The van der Waals surface area contributed by atoms with E-state index in [1.54, 1.807) is 6.33 Å². The van der Waals surface area contributed by atoms with Gasteiger partial charge in [-0.3, -0.25) is 4.79 Å². The fourth-order valence-corrected chi connectivity index (χ4v) is 4.09. The Bertz CT molecular complexity index is 924. The van der Waals surface area contributed by atoms with Crippen molar-refractivity contribution in [2.45, 2.75) is 24.1 Å². The predicted octanol–water partition coefficient (Wildman–Crippen LogP) is 3.62. The summed E-state index contributed by atoms with van der Waals surface area (Å²) in [5, 5.41) is 12.1. The number of rotatable bonds is 5. The number of fused-ring (bicyclic) bond motifs is 1. The van der Waals surface area contributed by atoms with Crippen LogP contribution in [0.4, 0.5) is 5.13 Å². The van der Waals surface area contributed by atoms with Gasteiger partial charge >= 0.3 is 0 Å². The summed E-state index contributed by atoms with van der Waals surface area (Å²) in [6.45, 7) is 3.70. The first-order valence-corrected chi connectivity index (χ1v) is 9.10. The maximum atomic E-state index is 12.5. The second-order valence-corrected chi connectivity index (χ2v) is 7.39. The van der Waals surface area contributed by atoms with E-state index in [4.69, 9.17) is 5.26 Å². The standard InChI is InChI=1S/C16H15N5OS2/c1-10-15(23-8-7-17)24-16(19-10)20-14(22)11(2)21-9-18-12-5-3-4-6-13(12)21/h3-6,9,11H,8H2,1-2H3,(H,19,20,22)/t11-/m1/s1. The summed E-state index contributed by atoms with van der Waals surface area (Å²) in [5.74, 6) is 0.220. The summed E-state index contributed by atoms with van der Waals surface area (Å²) in [6, 6.07) is 9.39. The summed E-state index contributed by atoms with van der Waals surface area (Å²) in [5.41, 5.74) is 2.61. The summed E-state index contributed by atoms with van der Waals surface area (Å²) in [4.78, 5) is 21.2. The number of benzene rings is 1. The molecule has 0 radical (unpaired) electrons. The summed E-state index contributed by atoms with van der Waals surface area (Å²) >= 11 is 2.82. The zero-order valence-corrected chi connectivity index (χ0v) is 14.8. The molecule has 8 heteroatoms. The van der Waals surface area contributed by atoms with E-state index >= 15 is 0 Å². The van der Waals surface area contributed by atoms with Crippen LogP contribution in [0, 0.1) is 18.3 Å². The minimum Gasteiger partial charge on any atom is -0.318 e. The number of thioether (sulfide) groups is 1. The highest BCUT2D eigenvalue weighted by Crippen LogP contribution is 2.32. The quantitative estimate of drug-likeness (QED) is 0.705. The molecular formula is C16H15N5OS2. The molecule has 2 aromatic heterocycles. The van der Waals surface area contributed by atoms with E-state index in [9.17, 15) is 4.79 Å². The molecule has 2 heterocycles. The molecular weight excluding hydrogens is 342 g/mol. The van der Waals surface area contributed by atoms with Crippen LogP contribution in [-0.4, -0.2) is 26.2 Å². The minimum atomic E-state index is -0.406. The van der Waals surface area contributed by atoms with Gasteiger partial charge < -0.3 is 9.88 Å². The molecule has 1 atom stereocenters. The Morgan fingerprint density at radius 1 is 1.50 bits per heavy atom. The number of nitrogens with one attached hydrogen (secondary N) is 1. The normalized spacial score (nSPS) is 12.0. The zero-order chi connectivity index (χ0) is 17.1. The van der Waals surface area contributed by atoms with Gasteiger partial charge in [-0.1, -0.05) is 35.2 Å². The Morgan fingerprint density at radius 2 is 2.29 bits per heavy atom. The molecule has 24 heavy (non-hydrogen) atoms. The van der Waals surface area contributed by atoms with Gasteiger partial charge in [0.2, 0.25) is 5.91 Å². The molecule has 0 bridgehead atoms. The highest BCUT2D eigenvalue weighted by molar-refractivity contribution is 8.01. The van der Waals surface area contributed by atoms with E-state index in [2.05, 4.69) is 21.4 Å². The summed E-state index contributed by atoms with van der Waals surface area (Å²) in [6.07, 6.45) is 1.68. The smallest absolute Gasteiger partial charge is 0.248 e. The van der Waals surface area contributed by atoms with Crippen LogP contribution in [0.2, 0.25) is 0 Å². The monoisotopic (exact) mass is 357 g/mol. The van der Waals surface area contributed by atoms with Gasteiger partial charge in [0.05, 0.1) is 39.1 Å². The molecule has 1 N–H and O–H groups in total. The summed E-state index contributed by atoms with van der Waals surface area (Å²) < 4.78 is 2.80. The van der Waals surface area contributed by atoms with Crippen molar-refractivity contribution in [1.29, 1.82) is 5.26 Å². The second-order valence-electron chi connectivity index (χ2n) is 5.14. The van der Waals surface area contributed by atoms with E-state index < -0.39 is 6.04 Å². The fourth-order valence-electron chi connectivity index (χ4n) is 2.29. The predicted molar refractivity (Wildman–Crippen MR) is 96.3 cm³/mol. The third-order valence-corrected chi connectivity index (χ3v) is 5.83. The second kappa shape index (κ2) is 7.03. The van der Waals surface area contributed by atoms with Gasteiger partial charge in [0.15, 0.2) is 5.13 Å². The Kier molecular flexibility index (Phi) is 4.83. The van der Waals surface area contributed by atoms with Crippen molar-refractivity contribution in [2.24, 2.45) is 0 Å². The van der Waals surface area contributed by atoms with Gasteiger partial charge in [0.1, 0.15) is 6.04 Å². The molecule has 122 valence electrons. The lowest BCUT2D eigenvalue weighted by Gasteiger charge is -2.13. The molecule has 3 aromatic rings. The number of amides is 1. The number of thiazole rings is 1. The van der Waals surface area contributed by atoms with E-state index in [1.807, 2.05) is 42.7 Å². The Labute approximate surface area is 147 Å². The van der Waals surface area contributed by atoms with Crippen LogP contribution >= 0.6 is 23.1 Å². The van der Waals surface area contributed by atoms with Crippen molar-refractivity contribution in [3.63, 3.8) is 0 Å². The lowest BCUT2D eigenvalue weighted by molar-refractivity contribution is -0.118. The average molecular weight is 357 g/mol. The molecule has 0 unspecified atom stereocenters. The molecule has 0 saturated carbocycles. The maximum Gasteiger partial charge on any atom is 0.248 e. The molecule has 1 aromatic carbocycles. The lowest BCUT2D eigenvalue weighted by atomic mass is 10.2. The van der Waals surface area contributed by atoms with Crippen molar-refractivity contribution in [2.75, 3.05) is 11.1 Å². The van der Waals surface area contributed by atoms with Gasteiger partial charge in [-0.15, -0.1) is 0 Å². The van der Waals surface area contributed by atoms with Crippen LogP contribution in [0.1, 0.15) is 18.7 Å². The molecule has 0 saturated heterocycles. The highest BCUT2D eigenvalue weighted by atomic mass is 32.2. The molecule has 6 nitrogen and oxygen atoms in total. The van der Waals surface area contributed by atoms with Crippen LogP contribution in [-0.2, 0) is 4.79 Å². The number of aryl methyl sites for hydroxylation is 1. The highest BCUT2D eigenvalue weighted by Gasteiger charge is 2.19. The van der Waals surface area contributed by atoms with Gasteiger partial charge in [0.25, 0.3) is 0 Å². The van der Waals surface area contributed by atoms with Crippen molar-refractivity contribution in [1.82, 2.24) is 14.5 Å². The van der Waals surface area contributed by atoms with Crippen LogP contribution in [0.15, 0.2) is 34.8 Å². The number of carbonyl (C=O) groups excluding carboxylic acids is 1. The number of imidazole rings is 1. The minimum absolute atomic E-state index is 0.149. The number of hydrogen-bond acceptors (Lipinski definition) is 6. The molecule has 0 spiro atoms. The topological polar surface area (TPSA) is 83.6 Å². The van der Waals surface area contributed by atoms with E-state index in [0.717, 1.165) is 20.9 Å². The Morgan fingerprint density at radius 3 is 3.08 bits per heavy atom. The van der Waals surface area contributed by atoms with Crippen LogP contribution in [0.5, 0.6) is 0 Å². The fraction of sp³-hybridized carbons (Fsp3) is 0.250. The molecule has 0 aliphatic rings. The number of nitrogens with zero attached hydrogens (tertiary/aromatic N) is 4. The number of hydrogen-bond donors (Lipinski definition) is 1. The third kappa shape index (κ3) is 3.27. The molecule has 1 amide bonds. The average Bonchev–Trinajstić information content (AvgIpc) is 3.15. The van der Waals surface area contributed by atoms with Gasteiger partial charge in [-0.05, 0) is 26.0 Å². The third-order valence-electron chi connectivity index (χ3n) is 3.53. The number of aromatic nitrogens is 3. The number of nitriles is 1. The van der Waals surface area contributed by atoms with Crippen molar-refractivity contribution < 1.29 is 4.79 Å². The first-order chi connectivity index (χ1) is 11.6. The van der Waals surface area contributed by atoms with Crippen LogP contribution in [0.3, 0.4) is 0 Å². The largest absolute Gasteiger partial charge is 0.318 e. The van der Waals surface area contributed by atoms with Crippen LogP contribution < -0.4 is 5.32 Å². The van der Waals surface area contributed by atoms with E-state index in [-0.39, 0.29) is 5.91 Å². The Hall–Kier alpha value is -2.37. The maximum absolute atomic E-state index is 12.5. The number of carbonyl (C=O) groups is 1. The molecule has 0 aliphatic heterocycles. The molecule has 0 aliphatic carbocycles. The van der Waals surface area contributed by atoms with Crippen molar-refractivity contribution >= 4 is 45.2 Å². The lowest BCUT2D eigenvalue weighted by Crippen LogP contribution is -2.23.